The van der Waals surface area contributed by atoms with E-state index < -0.39 is 0 Å². The summed E-state index contributed by atoms with van der Waals surface area (Å²) in [5, 5.41) is 12.1. The van der Waals surface area contributed by atoms with E-state index in [-0.39, 0.29) is 0 Å². The zero-order valence-electron chi connectivity index (χ0n) is 25.7. The van der Waals surface area contributed by atoms with Gasteiger partial charge in [0.1, 0.15) is 0 Å². The molecule has 1 aliphatic carbocycles. The van der Waals surface area contributed by atoms with Crippen molar-refractivity contribution < 1.29 is 0 Å². The molecule has 6 aromatic rings. The van der Waals surface area contributed by atoms with Crippen LogP contribution in [0.4, 0.5) is 0 Å². The van der Waals surface area contributed by atoms with Gasteiger partial charge in [0, 0.05) is 34.0 Å². The van der Waals surface area contributed by atoms with Crippen LogP contribution in [0.25, 0.3) is 56.0 Å². The highest BCUT2D eigenvalue weighted by molar-refractivity contribution is 6.15. The quantitative estimate of drug-likeness (QED) is 0.207. The highest BCUT2D eigenvalue weighted by atomic mass is 14.9. The third-order valence-corrected chi connectivity index (χ3v) is 8.76. The lowest BCUT2D eigenvalue weighted by atomic mass is 9.87. The number of hydrogen-bond donors (Lipinski definition) is 2. The van der Waals surface area contributed by atoms with E-state index in [0.29, 0.717) is 5.71 Å². The molecule has 222 valence electrons. The van der Waals surface area contributed by atoms with Crippen LogP contribution in [0.1, 0.15) is 16.7 Å². The molecule has 3 nitrogen and oxygen atoms in total. The van der Waals surface area contributed by atoms with Crippen LogP contribution >= 0.6 is 0 Å². The molecule has 2 heterocycles. The summed E-state index contributed by atoms with van der Waals surface area (Å²) in [6, 6.07) is 51.0. The van der Waals surface area contributed by atoms with Gasteiger partial charge in [-0.25, -0.2) is 4.98 Å². The SMILES string of the molecule is N=C1C=CC=C/C1=C1/NC=C(c2cc(-c3ccc(-c4ccccc4)cc3)nc(-c3ccc(-c4ccccc4)cc3)c2)c2ccccc21. The minimum atomic E-state index is 0.494. The number of pyridine rings is 1. The van der Waals surface area contributed by atoms with Gasteiger partial charge >= 0.3 is 0 Å². The molecule has 1 aliphatic heterocycles. The lowest BCUT2D eigenvalue weighted by Gasteiger charge is -2.25. The van der Waals surface area contributed by atoms with Crippen molar-refractivity contribution in [1.82, 2.24) is 10.3 Å². The van der Waals surface area contributed by atoms with E-state index in [2.05, 4.69) is 145 Å². The van der Waals surface area contributed by atoms with Crippen molar-refractivity contribution in [2.75, 3.05) is 0 Å². The number of nitrogens with one attached hydrogen (secondary N) is 2. The molecular formula is C44H31N3. The molecular weight excluding hydrogens is 571 g/mol. The molecule has 0 unspecified atom stereocenters. The van der Waals surface area contributed by atoms with E-state index in [4.69, 9.17) is 10.4 Å². The van der Waals surface area contributed by atoms with E-state index >= 15 is 0 Å². The molecule has 2 aliphatic rings. The Hall–Kier alpha value is -6.32. The van der Waals surface area contributed by atoms with Gasteiger partial charge in [-0.1, -0.05) is 152 Å². The summed E-state index contributed by atoms with van der Waals surface area (Å²) in [5.41, 5.74) is 15.3. The largest absolute Gasteiger partial charge is 0.360 e. The average Bonchev–Trinajstić information content (AvgIpc) is 3.15. The maximum Gasteiger partial charge on any atom is 0.0715 e. The summed E-state index contributed by atoms with van der Waals surface area (Å²) < 4.78 is 0. The van der Waals surface area contributed by atoms with Crippen molar-refractivity contribution in [3.05, 3.63) is 198 Å². The second-order valence-electron chi connectivity index (χ2n) is 11.7. The van der Waals surface area contributed by atoms with E-state index in [1.165, 1.54) is 22.3 Å². The molecule has 0 saturated heterocycles. The molecule has 0 amide bonds. The Morgan fingerprint density at radius 2 is 0.915 bits per heavy atom. The van der Waals surface area contributed by atoms with Gasteiger partial charge in [0.2, 0.25) is 0 Å². The summed E-state index contributed by atoms with van der Waals surface area (Å²) in [7, 11) is 0. The minimum Gasteiger partial charge on any atom is -0.360 e. The fourth-order valence-electron chi connectivity index (χ4n) is 6.31. The van der Waals surface area contributed by atoms with E-state index in [1.807, 2.05) is 36.4 Å². The molecule has 8 rings (SSSR count). The highest BCUT2D eigenvalue weighted by Gasteiger charge is 2.22. The Morgan fingerprint density at radius 1 is 0.447 bits per heavy atom. The maximum absolute atomic E-state index is 8.56. The predicted octanol–water partition coefficient (Wildman–Crippen LogP) is 10.6. The number of hydrogen-bond acceptors (Lipinski definition) is 3. The van der Waals surface area contributed by atoms with Crippen LogP contribution in [0.15, 0.2) is 182 Å². The van der Waals surface area contributed by atoms with Crippen LogP contribution in [0.5, 0.6) is 0 Å². The molecule has 0 bridgehead atoms. The van der Waals surface area contributed by atoms with Crippen molar-refractivity contribution in [3.8, 4) is 44.8 Å². The topological polar surface area (TPSA) is 48.8 Å². The van der Waals surface area contributed by atoms with E-state index in [0.717, 1.165) is 56.0 Å². The molecule has 5 aromatic carbocycles. The van der Waals surface area contributed by atoms with Crippen LogP contribution in [0.3, 0.4) is 0 Å². The summed E-state index contributed by atoms with van der Waals surface area (Å²) in [6.45, 7) is 0. The van der Waals surface area contributed by atoms with E-state index in [9.17, 15) is 0 Å². The first-order valence-corrected chi connectivity index (χ1v) is 15.8. The van der Waals surface area contributed by atoms with Crippen LogP contribution in [0.2, 0.25) is 0 Å². The maximum atomic E-state index is 8.56. The van der Waals surface area contributed by atoms with Crippen LogP contribution in [-0.4, -0.2) is 10.7 Å². The molecule has 3 heteroatoms. The smallest absolute Gasteiger partial charge is 0.0715 e. The molecule has 47 heavy (non-hydrogen) atoms. The fourth-order valence-corrected chi connectivity index (χ4v) is 6.31. The minimum absolute atomic E-state index is 0.494. The monoisotopic (exact) mass is 601 g/mol. The Morgan fingerprint density at radius 3 is 1.47 bits per heavy atom. The Labute approximate surface area is 275 Å². The van der Waals surface area contributed by atoms with Crippen molar-refractivity contribution >= 4 is 17.0 Å². The molecule has 2 N–H and O–H groups in total. The second kappa shape index (κ2) is 12.2. The predicted molar refractivity (Wildman–Crippen MR) is 196 cm³/mol. The zero-order valence-corrected chi connectivity index (χ0v) is 25.7. The summed E-state index contributed by atoms with van der Waals surface area (Å²) in [5.74, 6) is 0. The Balaban J connectivity index is 1.25. The third-order valence-electron chi connectivity index (χ3n) is 8.76. The van der Waals surface area contributed by atoms with Gasteiger partial charge in [-0.2, -0.15) is 0 Å². The van der Waals surface area contributed by atoms with Crippen molar-refractivity contribution in [2.45, 2.75) is 0 Å². The van der Waals surface area contributed by atoms with Gasteiger partial charge in [-0.3, -0.25) is 0 Å². The molecule has 0 atom stereocenters. The average molecular weight is 602 g/mol. The molecule has 0 fully saturated rings. The Kier molecular flexibility index (Phi) is 7.33. The Bertz CT molecular complexity index is 2140. The van der Waals surface area contributed by atoms with Gasteiger partial charge in [0.05, 0.1) is 22.8 Å². The van der Waals surface area contributed by atoms with Crippen molar-refractivity contribution in [1.29, 1.82) is 5.41 Å². The molecule has 0 spiro atoms. The van der Waals surface area contributed by atoms with Crippen molar-refractivity contribution in [2.24, 2.45) is 0 Å². The molecule has 0 saturated carbocycles. The zero-order chi connectivity index (χ0) is 31.6. The summed E-state index contributed by atoms with van der Waals surface area (Å²) >= 11 is 0. The number of benzene rings is 5. The van der Waals surface area contributed by atoms with Crippen molar-refractivity contribution in [3.63, 3.8) is 0 Å². The van der Waals surface area contributed by atoms with Gasteiger partial charge in [-0.05, 0) is 51.6 Å². The standard InChI is InChI=1S/C44H31N3/c45-41-18-10-9-17-39(41)44-38-16-8-7-15-37(38)40(29-46-44)36-27-42(34-23-19-32(20-24-34)30-11-3-1-4-12-30)47-43(28-36)35-25-21-33(22-26-35)31-13-5-2-6-14-31/h1-29,45-46H/b44-39-,45-41?. The van der Waals surface area contributed by atoms with Gasteiger partial charge in [0.15, 0.2) is 0 Å². The number of rotatable bonds is 5. The second-order valence-corrected chi connectivity index (χ2v) is 11.7. The lowest BCUT2D eigenvalue weighted by molar-refractivity contribution is 1.17. The van der Waals surface area contributed by atoms with Gasteiger partial charge in [-0.15, -0.1) is 0 Å². The lowest BCUT2D eigenvalue weighted by Crippen LogP contribution is -2.18. The normalized spacial score (nSPS) is 15.1. The van der Waals surface area contributed by atoms with E-state index in [1.54, 1.807) is 0 Å². The first-order chi connectivity index (χ1) is 23.2. The van der Waals surface area contributed by atoms with Gasteiger partial charge in [0.25, 0.3) is 0 Å². The first kappa shape index (κ1) is 28.2. The number of aromatic nitrogens is 1. The first-order valence-electron chi connectivity index (χ1n) is 15.8. The number of nitrogens with zero attached hydrogens (tertiary/aromatic N) is 1. The summed E-state index contributed by atoms with van der Waals surface area (Å²) in [4.78, 5) is 5.23. The molecule has 0 radical (unpaired) electrons. The molecule has 1 aromatic heterocycles. The summed E-state index contributed by atoms with van der Waals surface area (Å²) in [6.07, 6.45) is 9.79. The van der Waals surface area contributed by atoms with Gasteiger partial charge < -0.3 is 10.7 Å². The highest BCUT2D eigenvalue weighted by Crippen LogP contribution is 2.38. The van der Waals surface area contributed by atoms with Crippen LogP contribution < -0.4 is 5.32 Å². The van der Waals surface area contributed by atoms with Crippen LogP contribution in [-0.2, 0) is 0 Å². The third kappa shape index (κ3) is 5.56. The fraction of sp³-hybridized carbons (Fsp3) is 0. The van der Waals surface area contributed by atoms with Crippen LogP contribution in [0, 0.1) is 5.41 Å². The number of fused-ring (bicyclic) bond motifs is 1. The number of allylic oxidation sites excluding steroid dienone is 5.